The van der Waals surface area contributed by atoms with Crippen molar-refractivity contribution >= 4 is 5.91 Å². The summed E-state index contributed by atoms with van der Waals surface area (Å²) in [7, 11) is 0. The van der Waals surface area contributed by atoms with Crippen molar-refractivity contribution < 1.29 is 4.79 Å². The summed E-state index contributed by atoms with van der Waals surface area (Å²) in [6, 6.07) is 0.0500. The molecule has 0 bridgehead atoms. The van der Waals surface area contributed by atoms with Gasteiger partial charge in [0.05, 0.1) is 6.04 Å². The zero-order valence-electron chi connectivity index (χ0n) is 10.2. The van der Waals surface area contributed by atoms with Crippen molar-refractivity contribution in [1.82, 2.24) is 10.6 Å². The number of amides is 1. The smallest absolute Gasteiger partial charge is 0.237 e. The van der Waals surface area contributed by atoms with E-state index in [4.69, 9.17) is 0 Å². The molecule has 0 aromatic carbocycles. The average Bonchev–Trinajstić information content (AvgIpc) is 2.79. The van der Waals surface area contributed by atoms with E-state index in [-0.39, 0.29) is 17.5 Å². The van der Waals surface area contributed by atoms with Crippen LogP contribution < -0.4 is 10.6 Å². The van der Waals surface area contributed by atoms with Gasteiger partial charge in [-0.2, -0.15) is 0 Å². The van der Waals surface area contributed by atoms with Crippen LogP contribution in [0.3, 0.4) is 0 Å². The van der Waals surface area contributed by atoms with Crippen LogP contribution in [0.1, 0.15) is 52.9 Å². The van der Waals surface area contributed by atoms with Crippen molar-refractivity contribution in [2.75, 3.05) is 6.54 Å². The zero-order chi connectivity index (χ0) is 11.3. The van der Waals surface area contributed by atoms with Crippen LogP contribution in [0.2, 0.25) is 0 Å². The lowest BCUT2D eigenvalue weighted by Crippen LogP contribution is -2.52. The summed E-state index contributed by atoms with van der Waals surface area (Å²) in [4.78, 5) is 12.0. The first-order valence-electron chi connectivity index (χ1n) is 6.23. The fourth-order valence-corrected chi connectivity index (χ4v) is 2.27. The summed E-state index contributed by atoms with van der Waals surface area (Å²) in [5.74, 6) is 0.193. The van der Waals surface area contributed by atoms with Crippen molar-refractivity contribution in [3.8, 4) is 0 Å². The Morgan fingerprint density at radius 3 is 2.33 bits per heavy atom. The predicted molar refractivity (Wildman–Crippen MR) is 62.8 cm³/mol. The molecule has 0 unspecified atom stereocenters. The molecule has 0 spiro atoms. The molecule has 3 nitrogen and oxygen atoms in total. The number of carbonyl (C=O) groups excluding carboxylic acids is 1. The van der Waals surface area contributed by atoms with E-state index in [0.717, 1.165) is 38.6 Å². The van der Waals surface area contributed by atoms with Gasteiger partial charge in [0.15, 0.2) is 0 Å². The second kappa shape index (κ2) is 5.50. The summed E-state index contributed by atoms with van der Waals surface area (Å²) in [6.07, 6.45) is 5.14. The molecular weight excluding hydrogens is 188 g/mol. The van der Waals surface area contributed by atoms with Gasteiger partial charge in [0, 0.05) is 5.54 Å². The second-order valence-electron chi connectivity index (χ2n) is 4.48. The first kappa shape index (κ1) is 12.5. The van der Waals surface area contributed by atoms with Crippen LogP contribution >= 0.6 is 0 Å². The third kappa shape index (κ3) is 2.94. The Hall–Kier alpha value is -0.570. The Kier molecular flexibility index (Phi) is 4.58. The minimum absolute atomic E-state index is 0.0152. The molecule has 1 saturated heterocycles. The van der Waals surface area contributed by atoms with Crippen LogP contribution in [-0.2, 0) is 4.79 Å². The normalized spacial score (nSPS) is 21.7. The highest BCUT2D eigenvalue weighted by Crippen LogP contribution is 2.20. The molecule has 1 aliphatic heterocycles. The number of hydrogen-bond acceptors (Lipinski definition) is 2. The summed E-state index contributed by atoms with van der Waals surface area (Å²) in [6.45, 7) is 7.43. The molecule has 1 rings (SSSR count). The third-order valence-corrected chi connectivity index (χ3v) is 3.80. The summed E-state index contributed by atoms with van der Waals surface area (Å²) >= 11 is 0. The molecular formula is C12H24N2O. The van der Waals surface area contributed by atoms with E-state index in [0.29, 0.717) is 0 Å². The standard InChI is InChI=1S/C12H24N2O/c1-4-12(5-2,6-3)14-11(15)10-8-7-9-13-10/h10,13H,4-9H2,1-3H3,(H,14,15)/t10-/m1/s1. The molecule has 15 heavy (non-hydrogen) atoms. The highest BCUT2D eigenvalue weighted by Gasteiger charge is 2.30. The van der Waals surface area contributed by atoms with Gasteiger partial charge in [-0.15, -0.1) is 0 Å². The van der Waals surface area contributed by atoms with Crippen LogP contribution in [0.15, 0.2) is 0 Å². The lowest BCUT2D eigenvalue weighted by Gasteiger charge is -2.33. The fraction of sp³-hybridized carbons (Fsp3) is 0.917. The SMILES string of the molecule is CCC(CC)(CC)NC(=O)[C@H]1CCCN1. The van der Waals surface area contributed by atoms with E-state index >= 15 is 0 Å². The molecule has 1 amide bonds. The maximum Gasteiger partial charge on any atom is 0.237 e. The van der Waals surface area contributed by atoms with Crippen molar-refractivity contribution in [2.45, 2.75) is 64.5 Å². The summed E-state index contributed by atoms with van der Waals surface area (Å²) in [5.41, 5.74) is 0.0152. The molecule has 88 valence electrons. The van der Waals surface area contributed by atoms with Crippen molar-refractivity contribution in [3.63, 3.8) is 0 Å². The van der Waals surface area contributed by atoms with Crippen molar-refractivity contribution in [1.29, 1.82) is 0 Å². The lowest BCUT2D eigenvalue weighted by molar-refractivity contribution is -0.125. The largest absolute Gasteiger partial charge is 0.349 e. The first-order chi connectivity index (χ1) is 7.17. The molecule has 3 heteroatoms. The van der Waals surface area contributed by atoms with Gasteiger partial charge >= 0.3 is 0 Å². The topological polar surface area (TPSA) is 41.1 Å². The molecule has 1 aliphatic rings. The first-order valence-corrected chi connectivity index (χ1v) is 6.23. The van der Waals surface area contributed by atoms with Gasteiger partial charge in [-0.3, -0.25) is 4.79 Å². The molecule has 1 heterocycles. The van der Waals surface area contributed by atoms with Crippen LogP contribution in [0, 0.1) is 0 Å². The van der Waals surface area contributed by atoms with E-state index < -0.39 is 0 Å². The van der Waals surface area contributed by atoms with Crippen LogP contribution in [0.5, 0.6) is 0 Å². The number of rotatable bonds is 5. The monoisotopic (exact) mass is 212 g/mol. The number of carbonyl (C=O) groups is 1. The molecule has 0 radical (unpaired) electrons. The maximum atomic E-state index is 12.0. The van der Waals surface area contributed by atoms with Gasteiger partial charge in [0.1, 0.15) is 0 Å². The van der Waals surface area contributed by atoms with Gasteiger partial charge in [0.25, 0.3) is 0 Å². The molecule has 1 atom stereocenters. The molecule has 0 saturated carbocycles. The quantitative estimate of drug-likeness (QED) is 0.730. The maximum absolute atomic E-state index is 12.0. The molecule has 0 aromatic heterocycles. The summed E-state index contributed by atoms with van der Waals surface area (Å²) in [5, 5.41) is 6.46. The Morgan fingerprint density at radius 2 is 1.93 bits per heavy atom. The Bertz CT molecular complexity index is 197. The van der Waals surface area contributed by atoms with Gasteiger partial charge in [-0.1, -0.05) is 20.8 Å². The fourth-order valence-electron chi connectivity index (χ4n) is 2.27. The molecule has 1 fully saturated rings. The number of hydrogen-bond donors (Lipinski definition) is 2. The van der Waals surface area contributed by atoms with E-state index in [1.54, 1.807) is 0 Å². The average molecular weight is 212 g/mol. The highest BCUT2D eigenvalue weighted by molar-refractivity contribution is 5.82. The van der Waals surface area contributed by atoms with Crippen molar-refractivity contribution in [2.24, 2.45) is 0 Å². The van der Waals surface area contributed by atoms with Gasteiger partial charge in [0.2, 0.25) is 5.91 Å². The van der Waals surface area contributed by atoms with Gasteiger partial charge in [-0.05, 0) is 38.6 Å². The van der Waals surface area contributed by atoms with Gasteiger partial charge in [-0.25, -0.2) is 0 Å². The third-order valence-electron chi connectivity index (χ3n) is 3.80. The Morgan fingerprint density at radius 1 is 1.33 bits per heavy atom. The van der Waals surface area contributed by atoms with Gasteiger partial charge < -0.3 is 10.6 Å². The molecule has 0 aromatic rings. The van der Waals surface area contributed by atoms with E-state index in [9.17, 15) is 4.79 Å². The zero-order valence-corrected chi connectivity index (χ0v) is 10.2. The van der Waals surface area contributed by atoms with Crippen LogP contribution in [0.4, 0.5) is 0 Å². The molecule has 0 aliphatic carbocycles. The van der Waals surface area contributed by atoms with E-state index in [2.05, 4.69) is 31.4 Å². The van der Waals surface area contributed by atoms with Crippen molar-refractivity contribution in [3.05, 3.63) is 0 Å². The minimum atomic E-state index is 0.0152. The van der Waals surface area contributed by atoms with E-state index in [1.165, 1.54) is 0 Å². The second-order valence-corrected chi connectivity index (χ2v) is 4.48. The Labute approximate surface area is 93.0 Å². The van der Waals surface area contributed by atoms with E-state index in [1.807, 2.05) is 0 Å². The lowest BCUT2D eigenvalue weighted by atomic mass is 9.89. The van der Waals surface area contributed by atoms with Crippen LogP contribution in [-0.4, -0.2) is 24.0 Å². The molecule has 2 N–H and O–H groups in total. The Balaban J connectivity index is 2.53. The highest BCUT2D eigenvalue weighted by atomic mass is 16.2. The van der Waals surface area contributed by atoms with Crippen LogP contribution in [0.25, 0.3) is 0 Å². The minimum Gasteiger partial charge on any atom is -0.349 e. The predicted octanol–water partition coefficient (Wildman–Crippen LogP) is 1.82. The number of nitrogens with one attached hydrogen (secondary N) is 2. The summed E-state index contributed by atoms with van der Waals surface area (Å²) < 4.78 is 0.